The van der Waals surface area contributed by atoms with Crippen molar-refractivity contribution in [1.29, 1.82) is 11.1 Å². The fourth-order valence-electron chi connectivity index (χ4n) is 4.20. The molecule has 5 rings (SSSR count). The molecule has 0 radical (unpaired) electrons. The summed E-state index contributed by atoms with van der Waals surface area (Å²) in [5.41, 5.74) is 21.5. The van der Waals surface area contributed by atoms with Crippen molar-refractivity contribution in [2.45, 2.75) is 4.90 Å². The van der Waals surface area contributed by atoms with Gasteiger partial charge in [0.2, 0.25) is 0 Å². The third-order valence-corrected chi connectivity index (χ3v) is 7.17. The topological polar surface area (TPSA) is 168 Å². The van der Waals surface area contributed by atoms with Crippen LogP contribution in [0.5, 0.6) is 0 Å². The Bertz CT molecular complexity index is 1810. The average molecular weight is 536 g/mol. The molecule has 0 saturated carbocycles. The Hall–Kier alpha value is -5.36. The fourth-order valence-corrected chi connectivity index (χ4v) is 5.16. The summed E-state index contributed by atoms with van der Waals surface area (Å²) in [5, 5.41) is 15.4. The lowest BCUT2D eigenvalue weighted by Crippen LogP contribution is -2.17. The molecule has 0 aliphatic carbocycles. The number of hydrogen-bond donors (Lipinski definition) is 4. The minimum Gasteiger partial charge on any atom is -0.257 e. The zero-order valence-electron chi connectivity index (χ0n) is 20.3. The first kappa shape index (κ1) is 25.3. The third-order valence-electron chi connectivity index (χ3n) is 5.92. The molecule has 0 aliphatic heterocycles. The highest BCUT2D eigenvalue weighted by Gasteiger charge is 2.21. The van der Waals surface area contributed by atoms with Crippen LogP contribution in [0, 0.1) is 11.1 Å². The first-order chi connectivity index (χ1) is 19.0. The maximum atomic E-state index is 12.8. The van der Waals surface area contributed by atoms with E-state index < -0.39 is 10.0 Å². The van der Waals surface area contributed by atoms with E-state index in [4.69, 9.17) is 11.1 Å². The van der Waals surface area contributed by atoms with Gasteiger partial charge >= 0.3 is 0 Å². The van der Waals surface area contributed by atoms with Gasteiger partial charge in [-0.05, 0) is 29.3 Å². The maximum absolute atomic E-state index is 12.8. The van der Waals surface area contributed by atoms with Gasteiger partial charge in [-0.15, -0.1) is 10.2 Å². The summed E-state index contributed by atoms with van der Waals surface area (Å²) in [7, 11) is -4.16. The van der Waals surface area contributed by atoms with Gasteiger partial charge in [0.05, 0.1) is 22.5 Å². The van der Waals surface area contributed by atoms with Gasteiger partial charge in [0, 0.05) is 16.3 Å². The van der Waals surface area contributed by atoms with E-state index >= 15 is 0 Å². The van der Waals surface area contributed by atoms with Crippen LogP contribution in [0.3, 0.4) is 0 Å². The zero-order valence-corrected chi connectivity index (χ0v) is 21.1. The molecule has 192 valence electrons. The summed E-state index contributed by atoms with van der Waals surface area (Å²) < 4.78 is 25.5. The van der Waals surface area contributed by atoms with Crippen LogP contribution in [0.1, 0.15) is 0 Å². The summed E-state index contributed by atoms with van der Waals surface area (Å²) in [4.78, 5) is 6.25. The van der Waals surface area contributed by atoms with Crippen LogP contribution in [0.25, 0.3) is 33.2 Å². The standard InChI is InChI=1S/C27H21N9O2S/c28-34-33-27-23-13-7-6-12-22(23)26(39(37,38)36-35-29)16-25(27)32-31-19-14-15-24(30-17-19)21-11-5-4-10-20(21)18-8-2-1-3-9-18/h1-17H,(H2,28,33)(H2,29,36)/b32-31+. The molecule has 0 unspecified atom stereocenters. The second-order valence-corrected chi connectivity index (χ2v) is 9.89. The van der Waals surface area contributed by atoms with Gasteiger partial charge in [0.1, 0.15) is 11.4 Å². The number of nitrogens with one attached hydrogen (secondary N) is 4. The Morgan fingerprint density at radius 3 is 2.10 bits per heavy atom. The van der Waals surface area contributed by atoms with Crippen molar-refractivity contribution in [1.82, 2.24) is 9.82 Å². The van der Waals surface area contributed by atoms with Crippen LogP contribution in [0.15, 0.2) is 129 Å². The number of benzene rings is 4. The number of aromatic nitrogens is 1. The van der Waals surface area contributed by atoms with E-state index in [0.717, 1.165) is 22.4 Å². The zero-order chi connectivity index (χ0) is 27.2. The molecule has 4 aromatic carbocycles. The summed E-state index contributed by atoms with van der Waals surface area (Å²) in [6.45, 7) is 0. The van der Waals surface area contributed by atoms with Crippen molar-refractivity contribution < 1.29 is 8.42 Å². The minimum absolute atomic E-state index is 0.119. The Morgan fingerprint density at radius 2 is 1.41 bits per heavy atom. The van der Waals surface area contributed by atoms with Crippen LogP contribution in [0.2, 0.25) is 0 Å². The predicted octanol–water partition coefficient (Wildman–Crippen LogP) is 7.57. The highest BCUT2D eigenvalue weighted by molar-refractivity contribution is 7.89. The van der Waals surface area contributed by atoms with E-state index in [0.29, 0.717) is 22.1 Å². The largest absolute Gasteiger partial charge is 0.278 e. The van der Waals surface area contributed by atoms with E-state index in [9.17, 15) is 8.42 Å². The van der Waals surface area contributed by atoms with Gasteiger partial charge in [-0.1, -0.05) is 89.3 Å². The molecule has 12 heteroatoms. The van der Waals surface area contributed by atoms with Crippen molar-refractivity contribution in [3.8, 4) is 22.4 Å². The van der Waals surface area contributed by atoms with E-state index in [1.165, 1.54) is 6.07 Å². The fraction of sp³-hybridized carbons (Fsp3) is 0. The number of azo groups is 1. The normalized spacial score (nSPS) is 11.4. The predicted molar refractivity (Wildman–Crippen MR) is 147 cm³/mol. The Morgan fingerprint density at radius 1 is 0.718 bits per heavy atom. The van der Waals surface area contributed by atoms with Gasteiger partial charge in [-0.25, -0.2) is 0 Å². The lowest BCUT2D eigenvalue weighted by Gasteiger charge is -2.13. The van der Waals surface area contributed by atoms with Crippen LogP contribution >= 0.6 is 0 Å². The molecule has 1 aromatic heterocycles. The second kappa shape index (κ2) is 10.9. The second-order valence-electron chi connectivity index (χ2n) is 8.26. The van der Waals surface area contributed by atoms with Crippen molar-refractivity contribution in [2.24, 2.45) is 20.7 Å². The third kappa shape index (κ3) is 5.22. The molecular weight excluding hydrogens is 514 g/mol. The van der Waals surface area contributed by atoms with Crippen LogP contribution in [-0.2, 0) is 10.0 Å². The van der Waals surface area contributed by atoms with E-state index in [-0.39, 0.29) is 10.6 Å². The lowest BCUT2D eigenvalue weighted by molar-refractivity contribution is 0.581. The molecular formula is C27H21N9O2S. The highest BCUT2D eigenvalue weighted by atomic mass is 32.2. The molecule has 0 bridgehead atoms. The summed E-state index contributed by atoms with van der Waals surface area (Å²) >= 11 is 0. The summed E-state index contributed by atoms with van der Waals surface area (Å²) in [6, 6.07) is 29.5. The number of nitrogens with zero attached hydrogens (tertiary/aromatic N) is 5. The molecule has 4 N–H and O–H groups in total. The molecule has 0 amide bonds. The molecule has 0 saturated heterocycles. The molecule has 0 aliphatic rings. The number of anilines is 1. The van der Waals surface area contributed by atoms with E-state index in [1.807, 2.05) is 65.5 Å². The van der Waals surface area contributed by atoms with Crippen molar-refractivity contribution >= 4 is 37.9 Å². The van der Waals surface area contributed by atoms with Gasteiger partial charge in [-0.2, -0.15) is 24.3 Å². The van der Waals surface area contributed by atoms with Crippen LogP contribution in [-0.4, -0.2) is 13.4 Å². The monoisotopic (exact) mass is 535 g/mol. The molecule has 0 fully saturated rings. The summed E-state index contributed by atoms with van der Waals surface area (Å²) in [5.74, 6) is 0. The van der Waals surface area contributed by atoms with Crippen molar-refractivity contribution in [3.05, 3.63) is 103 Å². The van der Waals surface area contributed by atoms with Crippen molar-refractivity contribution in [2.75, 3.05) is 5.43 Å². The minimum atomic E-state index is -4.16. The van der Waals surface area contributed by atoms with Gasteiger partial charge < -0.3 is 0 Å². The molecule has 39 heavy (non-hydrogen) atoms. The van der Waals surface area contributed by atoms with Crippen LogP contribution in [0.4, 0.5) is 17.1 Å². The first-order valence-electron chi connectivity index (χ1n) is 11.6. The quantitative estimate of drug-likeness (QED) is 0.113. The number of pyridine rings is 1. The SMILES string of the molecule is N=NNc1c(/N=N/c2ccc(-c3ccccc3-c3ccccc3)nc2)cc(S(=O)(=O)NN=N)c2ccccc12. The van der Waals surface area contributed by atoms with Gasteiger partial charge in [0.25, 0.3) is 10.0 Å². The Labute approximate surface area is 223 Å². The van der Waals surface area contributed by atoms with E-state index in [2.05, 4.69) is 31.1 Å². The molecule has 5 aromatic rings. The van der Waals surface area contributed by atoms with Crippen LogP contribution < -0.4 is 10.3 Å². The number of hydrogen-bond acceptors (Lipinski definition) is 9. The highest BCUT2D eigenvalue weighted by Crippen LogP contribution is 2.39. The number of sulfonamides is 1. The maximum Gasteiger partial charge on any atom is 0.278 e. The Kier molecular flexibility index (Phi) is 7.10. The lowest BCUT2D eigenvalue weighted by atomic mass is 9.97. The van der Waals surface area contributed by atoms with Crippen molar-refractivity contribution in [3.63, 3.8) is 0 Å². The number of rotatable bonds is 9. The molecule has 0 spiro atoms. The average Bonchev–Trinajstić information content (AvgIpc) is 2.97. The number of fused-ring (bicyclic) bond motifs is 1. The first-order valence-corrected chi connectivity index (χ1v) is 13.1. The summed E-state index contributed by atoms with van der Waals surface area (Å²) in [6.07, 6.45) is 1.57. The molecule has 1 heterocycles. The van der Waals surface area contributed by atoms with Gasteiger partial charge in [0.15, 0.2) is 0 Å². The van der Waals surface area contributed by atoms with E-state index in [1.54, 1.807) is 36.5 Å². The van der Waals surface area contributed by atoms with Gasteiger partial charge in [-0.3, -0.25) is 10.4 Å². The molecule has 11 nitrogen and oxygen atoms in total. The Balaban J connectivity index is 1.54. The molecule has 0 atom stereocenters. The smallest absolute Gasteiger partial charge is 0.257 e.